The number of carbonyl (C=O) groups is 1. The molecule has 4 N–H and O–H groups in total. The van der Waals surface area contributed by atoms with E-state index >= 15 is 0 Å². The van der Waals surface area contributed by atoms with Gasteiger partial charge in [-0.2, -0.15) is 4.98 Å². The predicted molar refractivity (Wildman–Crippen MR) is 128 cm³/mol. The number of aromatic nitrogens is 2. The number of rotatable bonds is 8. The Labute approximate surface area is 189 Å². The molecule has 0 bridgehead atoms. The van der Waals surface area contributed by atoms with E-state index in [1.807, 2.05) is 44.4 Å². The van der Waals surface area contributed by atoms with Gasteiger partial charge < -0.3 is 26.3 Å². The average molecular weight is 434 g/mol. The van der Waals surface area contributed by atoms with E-state index in [2.05, 4.69) is 25.8 Å². The van der Waals surface area contributed by atoms with Crippen molar-refractivity contribution in [1.29, 1.82) is 5.41 Å². The first-order valence-corrected chi connectivity index (χ1v) is 11.3. The summed E-state index contributed by atoms with van der Waals surface area (Å²) in [6.07, 6.45) is 10.3. The number of nitrogens with zero attached hydrogens (tertiary/aromatic N) is 3. The summed E-state index contributed by atoms with van der Waals surface area (Å²) in [5, 5.41) is 16.8. The summed E-state index contributed by atoms with van der Waals surface area (Å²) in [4.78, 5) is 24.1. The molecule has 0 radical (unpaired) electrons. The van der Waals surface area contributed by atoms with Crippen LogP contribution >= 0.6 is 0 Å². The van der Waals surface area contributed by atoms with Crippen LogP contribution in [0.5, 0.6) is 0 Å². The summed E-state index contributed by atoms with van der Waals surface area (Å²) >= 11 is 0. The van der Waals surface area contributed by atoms with Gasteiger partial charge in [0, 0.05) is 55.1 Å². The highest BCUT2D eigenvalue weighted by Crippen LogP contribution is 2.33. The van der Waals surface area contributed by atoms with Crippen molar-refractivity contribution >= 4 is 35.1 Å². The summed E-state index contributed by atoms with van der Waals surface area (Å²) in [6, 6.07) is 7.98. The van der Waals surface area contributed by atoms with Gasteiger partial charge in [-0.05, 0) is 43.9 Å². The number of hydrogen-bond donors (Lipinski definition) is 4. The van der Waals surface area contributed by atoms with Crippen LogP contribution in [0.4, 0.5) is 17.5 Å². The Morgan fingerprint density at radius 3 is 2.59 bits per heavy atom. The van der Waals surface area contributed by atoms with Crippen LogP contribution in [-0.2, 0) is 4.79 Å². The minimum absolute atomic E-state index is 0.0941. The van der Waals surface area contributed by atoms with E-state index in [4.69, 9.17) is 10.4 Å². The summed E-state index contributed by atoms with van der Waals surface area (Å²) in [6.45, 7) is 2.73. The van der Waals surface area contributed by atoms with Crippen LogP contribution in [0.1, 0.15) is 43.2 Å². The number of allylic oxidation sites excluding steroid dienone is 1. The van der Waals surface area contributed by atoms with Crippen molar-refractivity contribution in [3.8, 4) is 0 Å². The Morgan fingerprint density at radius 2 is 1.97 bits per heavy atom. The molecule has 2 heterocycles. The van der Waals surface area contributed by atoms with Gasteiger partial charge in [-0.25, -0.2) is 4.98 Å². The second-order valence-electron chi connectivity index (χ2n) is 8.38. The third-order valence-electron chi connectivity index (χ3n) is 6.19. The lowest BCUT2D eigenvalue weighted by Gasteiger charge is -2.35. The maximum atomic E-state index is 12.6. The zero-order chi connectivity index (χ0) is 22.5. The molecule has 32 heavy (non-hydrogen) atoms. The molecule has 8 nitrogen and oxygen atoms in total. The Kier molecular flexibility index (Phi) is 6.68. The maximum Gasteiger partial charge on any atom is 0.242 e. The normalized spacial score (nSPS) is 19.0. The zero-order valence-corrected chi connectivity index (χ0v) is 18.7. The average Bonchev–Trinajstić information content (AvgIpc) is 3.48. The molecular formula is C24H31N7O. The van der Waals surface area contributed by atoms with E-state index < -0.39 is 0 Å². The molecule has 1 saturated carbocycles. The minimum atomic E-state index is -0.169. The van der Waals surface area contributed by atoms with E-state index in [0.29, 0.717) is 18.5 Å². The lowest BCUT2D eigenvalue weighted by Crippen LogP contribution is -2.47. The van der Waals surface area contributed by atoms with Crippen LogP contribution in [0.25, 0.3) is 5.57 Å². The fourth-order valence-electron chi connectivity index (χ4n) is 4.60. The van der Waals surface area contributed by atoms with E-state index in [-0.39, 0.29) is 11.9 Å². The molecule has 1 aliphatic carbocycles. The Hall–Kier alpha value is -3.42. The van der Waals surface area contributed by atoms with Crippen LogP contribution in [0.2, 0.25) is 0 Å². The molecular weight excluding hydrogens is 402 g/mol. The number of anilines is 3. The second kappa shape index (κ2) is 9.80. The fraction of sp³-hybridized carbons (Fsp3) is 0.417. The molecule has 1 aliphatic heterocycles. The van der Waals surface area contributed by atoms with Gasteiger partial charge in [-0.1, -0.05) is 25.0 Å². The largest absolute Gasteiger partial charge is 0.393 e. The van der Waals surface area contributed by atoms with Gasteiger partial charge in [0.25, 0.3) is 0 Å². The molecule has 2 fully saturated rings. The standard InChI is InChI=1S/C24H31N7O/c1-16-14-28-24(29-19-9-7-17(8-10-19)18(13-25)15-26-2)30-22(16)31(20-5-3-4-6-20)21-11-12-27-23(21)32/h7-10,13-15,20-21,25-26H,3-6,11-12H2,1-2H3,(H,27,32)(H,28,29,30)/b18-15+,25-13?. The van der Waals surface area contributed by atoms with Crippen molar-refractivity contribution in [3.05, 3.63) is 47.8 Å². The third-order valence-corrected chi connectivity index (χ3v) is 6.19. The van der Waals surface area contributed by atoms with Crippen molar-refractivity contribution in [2.75, 3.05) is 23.8 Å². The lowest BCUT2D eigenvalue weighted by atomic mass is 10.1. The van der Waals surface area contributed by atoms with Crippen molar-refractivity contribution < 1.29 is 4.79 Å². The van der Waals surface area contributed by atoms with Crippen molar-refractivity contribution in [2.24, 2.45) is 0 Å². The lowest BCUT2D eigenvalue weighted by molar-refractivity contribution is -0.120. The van der Waals surface area contributed by atoms with Crippen molar-refractivity contribution in [2.45, 2.75) is 51.1 Å². The molecule has 2 aromatic rings. The first kappa shape index (κ1) is 21.8. The zero-order valence-electron chi connectivity index (χ0n) is 18.7. The van der Waals surface area contributed by atoms with Crippen LogP contribution in [0, 0.1) is 12.3 Å². The molecule has 1 saturated heterocycles. The highest BCUT2D eigenvalue weighted by atomic mass is 16.2. The predicted octanol–water partition coefficient (Wildman–Crippen LogP) is 3.38. The molecule has 2 aliphatic rings. The van der Waals surface area contributed by atoms with E-state index in [0.717, 1.165) is 47.5 Å². The maximum absolute atomic E-state index is 12.6. The Balaban J connectivity index is 1.59. The van der Waals surface area contributed by atoms with Crippen LogP contribution in [-0.4, -0.2) is 47.8 Å². The van der Waals surface area contributed by atoms with Gasteiger partial charge in [-0.15, -0.1) is 0 Å². The number of hydrogen-bond acceptors (Lipinski definition) is 7. The molecule has 1 amide bonds. The fourth-order valence-corrected chi connectivity index (χ4v) is 4.60. The molecule has 0 spiro atoms. The van der Waals surface area contributed by atoms with Crippen LogP contribution in [0.3, 0.4) is 0 Å². The first-order chi connectivity index (χ1) is 15.6. The van der Waals surface area contributed by atoms with Gasteiger partial charge in [-0.3, -0.25) is 4.79 Å². The highest BCUT2D eigenvalue weighted by molar-refractivity contribution is 6.08. The summed E-state index contributed by atoms with van der Waals surface area (Å²) in [5.74, 6) is 1.45. The minimum Gasteiger partial charge on any atom is -0.393 e. The molecule has 1 unspecified atom stereocenters. The number of amides is 1. The van der Waals surface area contributed by atoms with E-state index in [1.165, 1.54) is 19.1 Å². The molecule has 8 heteroatoms. The second-order valence-corrected chi connectivity index (χ2v) is 8.38. The molecule has 4 rings (SSSR count). The smallest absolute Gasteiger partial charge is 0.242 e. The SMILES string of the molecule is CN/C=C(\C=N)c1ccc(Nc2ncc(C)c(N(C3CCCC3)C3CCNC3=O)n2)cc1. The van der Waals surface area contributed by atoms with Gasteiger partial charge in [0.1, 0.15) is 11.9 Å². The highest BCUT2D eigenvalue weighted by Gasteiger charge is 2.37. The summed E-state index contributed by atoms with van der Waals surface area (Å²) in [5.41, 5.74) is 3.59. The van der Waals surface area contributed by atoms with Crippen LogP contribution in [0.15, 0.2) is 36.7 Å². The van der Waals surface area contributed by atoms with Gasteiger partial charge >= 0.3 is 0 Å². The van der Waals surface area contributed by atoms with Crippen molar-refractivity contribution in [1.82, 2.24) is 20.6 Å². The van der Waals surface area contributed by atoms with E-state index in [1.54, 1.807) is 6.20 Å². The van der Waals surface area contributed by atoms with Gasteiger partial charge in [0.15, 0.2) is 0 Å². The van der Waals surface area contributed by atoms with Gasteiger partial charge in [0.05, 0.1) is 0 Å². The molecule has 168 valence electrons. The number of carbonyl (C=O) groups excluding carboxylic acids is 1. The Morgan fingerprint density at radius 1 is 1.22 bits per heavy atom. The van der Waals surface area contributed by atoms with Gasteiger partial charge in [0.2, 0.25) is 11.9 Å². The third kappa shape index (κ3) is 4.59. The summed E-state index contributed by atoms with van der Waals surface area (Å²) in [7, 11) is 1.82. The molecule has 1 aromatic heterocycles. The monoisotopic (exact) mass is 433 g/mol. The molecule has 1 aromatic carbocycles. The molecule has 1 atom stereocenters. The first-order valence-electron chi connectivity index (χ1n) is 11.3. The number of nitrogens with one attached hydrogen (secondary N) is 4. The Bertz CT molecular complexity index is 996. The van der Waals surface area contributed by atoms with Crippen molar-refractivity contribution in [3.63, 3.8) is 0 Å². The topological polar surface area (TPSA) is 106 Å². The van der Waals surface area contributed by atoms with Crippen LogP contribution < -0.4 is 20.9 Å². The number of benzene rings is 1. The number of aryl methyl sites for hydroxylation is 1. The quantitative estimate of drug-likeness (QED) is 0.476. The van der Waals surface area contributed by atoms with E-state index in [9.17, 15) is 4.79 Å². The summed E-state index contributed by atoms with van der Waals surface area (Å²) < 4.78 is 0.